The van der Waals surface area contributed by atoms with Gasteiger partial charge in [0.15, 0.2) is 5.75 Å². The summed E-state index contributed by atoms with van der Waals surface area (Å²) in [5.74, 6) is 0.550. The molecule has 0 aliphatic rings. The van der Waals surface area contributed by atoms with Crippen molar-refractivity contribution in [3.05, 3.63) is 27.7 Å². The lowest BCUT2D eigenvalue weighted by Crippen LogP contribution is -2.17. The smallest absolute Gasteiger partial charge is 0.156 e. The maximum atomic E-state index is 6.05. The Labute approximate surface area is 112 Å². The number of benzene rings is 1. The first kappa shape index (κ1) is 15.9. The summed E-state index contributed by atoms with van der Waals surface area (Å²) in [7, 11) is 0. The lowest BCUT2D eigenvalue weighted by atomic mass is 10.1. The van der Waals surface area contributed by atoms with Gasteiger partial charge in [-0.25, -0.2) is 0 Å². The summed E-state index contributed by atoms with van der Waals surface area (Å²) in [5.41, 5.74) is 6.73. The molecule has 0 aromatic heterocycles. The Hall–Kier alpha value is -0.150. The molecule has 1 aromatic rings. The Kier molecular flexibility index (Phi) is 7.16. The SMILES string of the molecule is CCOc1c(Cl)cc(CC(C)N)cc1Cl.Cl. The Morgan fingerprint density at radius 1 is 1.31 bits per heavy atom. The second-order valence-corrected chi connectivity index (χ2v) is 4.32. The summed E-state index contributed by atoms with van der Waals surface area (Å²) in [6.07, 6.45) is 0.756. The van der Waals surface area contributed by atoms with Gasteiger partial charge in [0.1, 0.15) is 0 Å². The standard InChI is InChI=1S/C11H15Cl2NO.ClH/c1-3-15-11-9(12)5-8(4-7(2)14)6-10(11)13;/h5-7H,3-4,14H2,1-2H3;1H. The van der Waals surface area contributed by atoms with Gasteiger partial charge in [-0.3, -0.25) is 0 Å². The molecule has 0 amide bonds. The zero-order valence-corrected chi connectivity index (χ0v) is 11.6. The first-order valence-corrected chi connectivity index (χ1v) is 5.66. The molecule has 2 N–H and O–H groups in total. The molecular weight excluding hydrogens is 268 g/mol. The third-order valence-corrected chi connectivity index (χ3v) is 2.47. The van der Waals surface area contributed by atoms with Gasteiger partial charge in [0.05, 0.1) is 16.7 Å². The molecular formula is C11H16Cl3NO. The summed E-state index contributed by atoms with van der Waals surface area (Å²) in [6.45, 7) is 4.38. The van der Waals surface area contributed by atoms with Crippen molar-refractivity contribution in [3.63, 3.8) is 0 Å². The van der Waals surface area contributed by atoms with Crippen LogP contribution in [0.5, 0.6) is 5.75 Å². The lowest BCUT2D eigenvalue weighted by Gasteiger charge is -2.11. The van der Waals surface area contributed by atoms with Crippen LogP contribution in [0.2, 0.25) is 10.0 Å². The number of nitrogens with two attached hydrogens (primary N) is 1. The van der Waals surface area contributed by atoms with Gasteiger partial charge in [-0.05, 0) is 38.0 Å². The number of rotatable bonds is 4. The minimum atomic E-state index is 0. The summed E-state index contributed by atoms with van der Waals surface area (Å²) < 4.78 is 5.33. The normalized spacial score (nSPS) is 11.8. The fourth-order valence-corrected chi connectivity index (χ4v) is 2.03. The molecule has 5 heteroatoms. The third-order valence-electron chi connectivity index (χ3n) is 1.90. The van der Waals surface area contributed by atoms with E-state index in [1.807, 2.05) is 26.0 Å². The molecule has 1 rings (SSSR count). The van der Waals surface area contributed by atoms with Gasteiger partial charge in [-0.15, -0.1) is 12.4 Å². The predicted octanol–water partition coefficient (Wildman–Crippen LogP) is 3.70. The van der Waals surface area contributed by atoms with E-state index in [0.717, 1.165) is 12.0 Å². The Balaban J connectivity index is 0.00000225. The maximum Gasteiger partial charge on any atom is 0.156 e. The number of hydrogen-bond acceptors (Lipinski definition) is 2. The minimum Gasteiger partial charge on any atom is -0.491 e. The average molecular weight is 285 g/mol. The van der Waals surface area contributed by atoms with Gasteiger partial charge in [0.25, 0.3) is 0 Å². The van der Waals surface area contributed by atoms with E-state index < -0.39 is 0 Å². The average Bonchev–Trinajstić information content (AvgIpc) is 2.10. The van der Waals surface area contributed by atoms with E-state index >= 15 is 0 Å². The molecule has 0 bridgehead atoms. The molecule has 92 valence electrons. The van der Waals surface area contributed by atoms with Crippen LogP contribution >= 0.6 is 35.6 Å². The van der Waals surface area contributed by atoms with Crippen LogP contribution in [0.15, 0.2) is 12.1 Å². The van der Waals surface area contributed by atoms with Crippen molar-refractivity contribution >= 4 is 35.6 Å². The molecule has 0 saturated carbocycles. The Bertz CT molecular complexity index is 319. The van der Waals surface area contributed by atoms with Crippen molar-refractivity contribution in [2.75, 3.05) is 6.61 Å². The molecule has 0 saturated heterocycles. The molecule has 0 aliphatic carbocycles. The summed E-state index contributed by atoms with van der Waals surface area (Å²) >= 11 is 12.1. The second-order valence-electron chi connectivity index (χ2n) is 3.50. The minimum absolute atomic E-state index is 0. The van der Waals surface area contributed by atoms with Gasteiger partial charge in [0, 0.05) is 6.04 Å². The fraction of sp³-hybridized carbons (Fsp3) is 0.455. The molecule has 1 atom stereocenters. The zero-order valence-electron chi connectivity index (χ0n) is 9.30. The topological polar surface area (TPSA) is 35.2 Å². The van der Waals surface area contributed by atoms with E-state index in [1.54, 1.807) is 0 Å². The fourth-order valence-electron chi connectivity index (χ4n) is 1.38. The van der Waals surface area contributed by atoms with Crippen LogP contribution in [-0.4, -0.2) is 12.6 Å². The molecule has 0 heterocycles. The summed E-state index contributed by atoms with van der Waals surface area (Å²) in [5, 5.41) is 1.08. The molecule has 16 heavy (non-hydrogen) atoms. The number of hydrogen-bond donors (Lipinski definition) is 1. The van der Waals surface area contributed by atoms with Crippen LogP contribution in [0.4, 0.5) is 0 Å². The van der Waals surface area contributed by atoms with E-state index in [2.05, 4.69) is 0 Å². The molecule has 0 spiro atoms. The van der Waals surface area contributed by atoms with Crippen LogP contribution in [0.3, 0.4) is 0 Å². The first-order chi connectivity index (χ1) is 7.04. The lowest BCUT2D eigenvalue weighted by molar-refractivity contribution is 0.340. The van der Waals surface area contributed by atoms with Crippen LogP contribution in [0.25, 0.3) is 0 Å². The van der Waals surface area contributed by atoms with E-state index in [0.29, 0.717) is 22.4 Å². The molecule has 0 fully saturated rings. The van der Waals surface area contributed by atoms with Crippen molar-refractivity contribution in [1.29, 1.82) is 0 Å². The third kappa shape index (κ3) is 4.38. The Morgan fingerprint density at radius 2 is 1.81 bits per heavy atom. The second kappa shape index (κ2) is 7.23. The predicted molar refractivity (Wildman–Crippen MR) is 72.2 cm³/mol. The van der Waals surface area contributed by atoms with Crippen molar-refractivity contribution < 1.29 is 4.74 Å². The van der Waals surface area contributed by atoms with Crippen LogP contribution < -0.4 is 10.5 Å². The van der Waals surface area contributed by atoms with Gasteiger partial charge >= 0.3 is 0 Å². The van der Waals surface area contributed by atoms with Gasteiger partial charge in [0.2, 0.25) is 0 Å². The van der Waals surface area contributed by atoms with Crippen LogP contribution in [0.1, 0.15) is 19.4 Å². The highest BCUT2D eigenvalue weighted by atomic mass is 35.5. The van der Waals surface area contributed by atoms with Crippen molar-refractivity contribution in [3.8, 4) is 5.75 Å². The van der Waals surface area contributed by atoms with E-state index in [4.69, 9.17) is 33.7 Å². The highest BCUT2D eigenvalue weighted by molar-refractivity contribution is 6.37. The Morgan fingerprint density at radius 3 is 2.19 bits per heavy atom. The highest BCUT2D eigenvalue weighted by Gasteiger charge is 2.09. The largest absolute Gasteiger partial charge is 0.491 e. The van der Waals surface area contributed by atoms with Crippen molar-refractivity contribution in [2.24, 2.45) is 5.73 Å². The monoisotopic (exact) mass is 283 g/mol. The highest BCUT2D eigenvalue weighted by Crippen LogP contribution is 2.34. The quantitative estimate of drug-likeness (QED) is 0.915. The maximum absolute atomic E-state index is 6.05. The summed E-state index contributed by atoms with van der Waals surface area (Å²) in [4.78, 5) is 0. The first-order valence-electron chi connectivity index (χ1n) is 4.91. The van der Waals surface area contributed by atoms with E-state index in [1.165, 1.54) is 0 Å². The van der Waals surface area contributed by atoms with Crippen molar-refractivity contribution in [2.45, 2.75) is 26.3 Å². The summed E-state index contributed by atoms with van der Waals surface area (Å²) in [6, 6.07) is 3.79. The zero-order chi connectivity index (χ0) is 11.4. The molecule has 1 aromatic carbocycles. The molecule has 1 unspecified atom stereocenters. The molecule has 2 nitrogen and oxygen atoms in total. The van der Waals surface area contributed by atoms with Gasteiger partial charge < -0.3 is 10.5 Å². The van der Waals surface area contributed by atoms with Crippen LogP contribution in [0, 0.1) is 0 Å². The van der Waals surface area contributed by atoms with Crippen molar-refractivity contribution in [1.82, 2.24) is 0 Å². The number of ether oxygens (including phenoxy) is 1. The van der Waals surface area contributed by atoms with Crippen LogP contribution in [-0.2, 0) is 6.42 Å². The van der Waals surface area contributed by atoms with Gasteiger partial charge in [-0.2, -0.15) is 0 Å². The molecule has 0 radical (unpaired) electrons. The van der Waals surface area contributed by atoms with Gasteiger partial charge in [-0.1, -0.05) is 23.2 Å². The number of halogens is 3. The van der Waals surface area contributed by atoms with E-state index in [-0.39, 0.29) is 18.4 Å². The molecule has 0 aliphatic heterocycles. The van der Waals surface area contributed by atoms with E-state index in [9.17, 15) is 0 Å².